The van der Waals surface area contributed by atoms with E-state index in [9.17, 15) is 0 Å². The molecule has 0 spiro atoms. The van der Waals surface area contributed by atoms with Gasteiger partial charge >= 0.3 is 0 Å². The van der Waals surface area contributed by atoms with Crippen molar-refractivity contribution in [2.45, 2.75) is 26.6 Å². The van der Waals surface area contributed by atoms with Crippen molar-refractivity contribution in [1.82, 2.24) is 25.0 Å². The van der Waals surface area contributed by atoms with E-state index >= 15 is 0 Å². The van der Waals surface area contributed by atoms with Gasteiger partial charge in [0, 0.05) is 20.1 Å². The smallest absolute Gasteiger partial charge is 0.194 e. The van der Waals surface area contributed by atoms with E-state index in [1.54, 1.807) is 19.8 Å². The second kappa shape index (κ2) is 12.2. The molecule has 2 aromatic carbocycles. The molecule has 30 heavy (non-hydrogen) atoms. The van der Waals surface area contributed by atoms with Gasteiger partial charge in [-0.2, -0.15) is 5.10 Å². The summed E-state index contributed by atoms with van der Waals surface area (Å²) in [5.41, 5.74) is 3.55. The fourth-order valence-electron chi connectivity index (χ4n) is 3.04. The van der Waals surface area contributed by atoms with E-state index in [4.69, 9.17) is 9.73 Å². The summed E-state index contributed by atoms with van der Waals surface area (Å²) in [7, 11) is 3.73. The predicted octanol–water partition coefficient (Wildman–Crippen LogP) is 3.55. The third-order valence-electron chi connectivity index (χ3n) is 4.49. The van der Waals surface area contributed by atoms with Crippen LogP contribution in [0.4, 0.5) is 0 Å². The fourth-order valence-corrected chi connectivity index (χ4v) is 3.04. The summed E-state index contributed by atoms with van der Waals surface area (Å²) in [4.78, 5) is 10.9. The number of benzene rings is 2. The summed E-state index contributed by atoms with van der Waals surface area (Å²) in [6.07, 6.45) is 3.28. The number of hydrogen-bond acceptors (Lipinski definition) is 4. The Morgan fingerprint density at radius 3 is 2.57 bits per heavy atom. The van der Waals surface area contributed by atoms with Crippen LogP contribution in [0.15, 0.2) is 66.2 Å². The van der Waals surface area contributed by atoms with Crippen LogP contribution >= 0.6 is 24.0 Å². The molecule has 0 fully saturated rings. The first-order valence-corrected chi connectivity index (χ1v) is 9.70. The minimum atomic E-state index is 0. The lowest BCUT2D eigenvalue weighted by molar-refractivity contribution is 0.414. The third kappa shape index (κ3) is 7.01. The zero-order valence-corrected chi connectivity index (χ0v) is 20.0. The molecule has 0 aliphatic rings. The highest BCUT2D eigenvalue weighted by atomic mass is 127. The van der Waals surface area contributed by atoms with E-state index < -0.39 is 0 Å². The molecule has 7 nitrogen and oxygen atoms in total. The van der Waals surface area contributed by atoms with E-state index in [0.29, 0.717) is 13.1 Å². The van der Waals surface area contributed by atoms with Gasteiger partial charge in [-0.3, -0.25) is 0 Å². The maximum Gasteiger partial charge on any atom is 0.194 e. The van der Waals surface area contributed by atoms with Crippen molar-refractivity contribution in [3.8, 4) is 5.75 Å². The standard InChI is InChI=1S/C22H28N6O.HI/c1-4-24-22(27(2)14-18-8-10-21(29-3)11-9-18)25-13-19-6-5-7-20(12-19)15-28-17-23-16-26-28;/h5-12,16-17H,4,13-15H2,1-3H3,(H,24,25);1H. The van der Waals surface area contributed by atoms with Crippen molar-refractivity contribution in [3.63, 3.8) is 0 Å². The number of halogens is 1. The maximum atomic E-state index is 5.23. The number of methoxy groups -OCH3 is 1. The Morgan fingerprint density at radius 2 is 1.90 bits per heavy atom. The molecule has 0 bridgehead atoms. The maximum absolute atomic E-state index is 5.23. The van der Waals surface area contributed by atoms with Gasteiger partial charge < -0.3 is 15.0 Å². The molecule has 160 valence electrons. The van der Waals surface area contributed by atoms with Gasteiger partial charge in [0.15, 0.2) is 5.96 Å². The Kier molecular flexibility index (Phi) is 9.59. The summed E-state index contributed by atoms with van der Waals surface area (Å²) >= 11 is 0. The number of guanidine groups is 1. The number of nitrogens with zero attached hydrogens (tertiary/aromatic N) is 5. The molecule has 3 rings (SSSR count). The quantitative estimate of drug-likeness (QED) is 0.280. The van der Waals surface area contributed by atoms with Crippen LogP contribution in [-0.2, 0) is 19.6 Å². The monoisotopic (exact) mass is 520 g/mol. The Labute approximate surface area is 195 Å². The van der Waals surface area contributed by atoms with Crippen molar-refractivity contribution in [2.24, 2.45) is 4.99 Å². The van der Waals surface area contributed by atoms with Gasteiger partial charge in [0.25, 0.3) is 0 Å². The van der Waals surface area contributed by atoms with Gasteiger partial charge in [-0.25, -0.2) is 14.7 Å². The van der Waals surface area contributed by atoms with E-state index in [0.717, 1.165) is 30.4 Å². The Morgan fingerprint density at radius 1 is 1.13 bits per heavy atom. The first-order chi connectivity index (χ1) is 14.2. The molecule has 0 radical (unpaired) electrons. The minimum Gasteiger partial charge on any atom is -0.497 e. The summed E-state index contributed by atoms with van der Waals surface area (Å²) in [6.45, 7) is 4.98. The van der Waals surface area contributed by atoms with E-state index in [-0.39, 0.29) is 24.0 Å². The van der Waals surface area contributed by atoms with Crippen LogP contribution < -0.4 is 10.1 Å². The van der Waals surface area contributed by atoms with Gasteiger partial charge in [-0.15, -0.1) is 24.0 Å². The number of aliphatic imine (C=N–C) groups is 1. The highest BCUT2D eigenvalue weighted by Gasteiger charge is 2.07. The molecule has 0 aliphatic carbocycles. The lowest BCUT2D eigenvalue weighted by atomic mass is 10.1. The van der Waals surface area contributed by atoms with Crippen LogP contribution in [-0.4, -0.2) is 46.3 Å². The van der Waals surface area contributed by atoms with E-state index in [2.05, 4.69) is 63.6 Å². The third-order valence-corrected chi connectivity index (χ3v) is 4.49. The number of aromatic nitrogens is 3. The average Bonchev–Trinajstić information content (AvgIpc) is 3.25. The average molecular weight is 520 g/mol. The molecule has 0 saturated carbocycles. The Hall–Kier alpha value is -2.62. The number of nitrogens with one attached hydrogen (secondary N) is 1. The molecule has 0 amide bonds. The van der Waals surface area contributed by atoms with Gasteiger partial charge in [-0.05, 0) is 35.7 Å². The predicted molar refractivity (Wildman–Crippen MR) is 130 cm³/mol. The molecule has 0 aliphatic heterocycles. The van der Waals surface area contributed by atoms with Crippen molar-refractivity contribution in [2.75, 3.05) is 20.7 Å². The molecular formula is C22H29IN6O. The van der Waals surface area contributed by atoms with Gasteiger partial charge in [0.2, 0.25) is 0 Å². The van der Waals surface area contributed by atoms with Gasteiger partial charge in [-0.1, -0.05) is 36.4 Å². The van der Waals surface area contributed by atoms with Crippen LogP contribution in [0.5, 0.6) is 5.75 Å². The Balaban J connectivity index is 0.00000320. The number of rotatable bonds is 8. The molecule has 0 unspecified atom stereocenters. The largest absolute Gasteiger partial charge is 0.497 e. The second-order valence-corrected chi connectivity index (χ2v) is 6.79. The van der Waals surface area contributed by atoms with E-state index in [1.807, 2.05) is 23.9 Å². The highest BCUT2D eigenvalue weighted by molar-refractivity contribution is 14.0. The van der Waals surface area contributed by atoms with Crippen molar-refractivity contribution in [1.29, 1.82) is 0 Å². The van der Waals surface area contributed by atoms with Crippen molar-refractivity contribution in [3.05, 3.63) is 77.9 Å². The number of ether oxygens (including phenoxy) is 1. The topological polar surface area (TPSA) is 67.6 Å². The molecule has 0 atom stereocenters. The molecule has 1 aromatic heterocycles. The normalized spacial score (nSPS) is 11.0. The van der Waals surface area contributed by atoms with Crippen molar-refractivity contribution < 1.29 is 4.74 Å². The van der Waals surface area contributed by atoms with Gasteiger partial charge in [0.1, 0.15) is 18.4 Å². The van der Waals surface area contributed by atoms with E-state index in [1.165, 1.54) is 11.1 Å². The highest BCUT2D eigenvalue weighted by Crippen LogP contribution is 2.13. The molecule has 3 aromatic rings. The van der Waals surface area contributed by atoms with Crippen LogP contribution in [0.3, 0.4) is 0 Å². The summed E-state index contributed by atoms with van der Waals surface area (Å²) in [5, 5.41) is 7.54. The lowest BCUT2D eigenvalue weighted by Crippen LogP contribution is -2.38. The van der Waals surface area contributed by atoms with Gasteiger partial charge in [0.05, 0.1) is 20.2 Å². The van der Waals surface area contributed by atoms with Crippen molar-refractivity contribution >= 4 is 29.9 Å². The zero-order valence-electron chi connectivity index (χ0n) is 17.7. The zero-order chi connectivity index (χ0) is 20.5. The first-order valence-electron chi connectivity index (χ1n) is 9.70. The first kappa shape index (κ1) is 23.7. The summed E-state index contributed by atoms with van der Waals surface area (Å²) in [6, 6.07) is 16.5. The lowest BCUT2D eigenvalue weighted by Gasteiger charge is -2.22. The number of hydrogen-bond donors (Lipinski definition) is 1. The minimum absolute atomic E-state index is 0. The van der Waals surface area contributed by atoms with Crippen LogP contribution in [0.2, 0.25) is 0 Å². The van der Waals surface area contributed by atoms with Crippen LogP contribution in [0.1, 0.15) is 23.6 Å². The second-order valence-electron chi connectivity index (χ2n) is 6.79. The fraction of sp³-hybridized carbons (Fsp3) is 0.318. The molecular weight excluding hydrogens is 491 g/mol. The summed E-state index contributed by atoms with van der Waals surface area (Å²) in [5.74, 6) is 1.74. The SMILES string of the molecule is CCNC(=NCc1cccc(Cn2cncn2)c1)N(C)Cc1ccc(OC)cc1.I. The molecule has 0 saturated heterocycles. The molecule has 1 heterocycles. The van der Waals surface area contributed by atoms with Crippen LogP contribution in [0, 0.1) is 0 Å². The Bertz CT molecular complexity index is 912. The summed E-state index contributed by atoms with van der Waals surface area (Å²) < 4.78 is 7.05. The van der Waals surface area contributed by atoms with Crippen LogP contribution in [0.25, 0.3) is 0 Å². The molecule has 8 heteroatoms. The molecule has 1 N–H and O–H groups in total.